The van der Waals surface area contributed by atoms with Gasteiger partial charge in [-0.15, -0.1) is 11.8 Å². The van der Waals surface area contributed by atoms with E-state index in [9.17, 15) is 0 Å². The Labute approximate surface area is 109 Å². The molecular weight excluding hydrogens is 249 g/mol. The van der Waals surface area contributed by atoms with E-state index in [1.165, 1.54) is 4.90 Å². The number of nitrogens with zero attached hydrogens (tertiary/aromatic N) is 3. The molecule has 2 aromatic heterocycles. The fourth-order valence-corrected chi connectivity index (χ4v) is 1.71. The van der Waals surface area contributed by atoms with E-state index in [1.54, 1.807) is 24.2 Å². The van der Waals surface area contributed by atoms with Crippen LogP contribution in [0.1, 0.15) is 12.6 Å². The lowest BCUT2D eigenvalue weighted by atomic mass is 10.3. The minimum Gasteiger partial charge on any atom is -0.264 e. The molecule has 0 spiro atoms. The van der Waals surface area contributed by atoms with Crippen LogP contribution in [0.25, 0.3) is 0 Å². The van der Waals surface area contributed by atoms with Crippen LogP contribution in [-0.4, -0.2) is 21.2 Å². The minimum atomic E-state index is 0.773. The highest BCUT2D eigenvalue weighted by atomic mass is 32.2. The van der Waals surface area contributed by atoms with E-state index < -0.39 is 0 Å². The first kappa shape index (κ1) is 14.1. The number of pyridine rings is 1. The lowest BCUT2D eigenvalue weighted by molar-refractivity contribution is 1.03. The van der Waals surface area contributed by atoms with Crippen molar-refractivity contribution in [3.05, 3.63) is 42.5 Å². The van der Waals surface area contributed by atoms with Gasteiger partial charge in [-0.1, -0.05) is 16.2 Å². The summed E-state index contributed by atoms with van der Waals surface area (Å²) < 4.78 is 0. The van der Waals surface area contributed by atoms with E-state index in [1.807, 2.05) is 30.7 Å². The summed E-state index contributed by atoms with van der Waals surface area (Å²) in [5.41, 5.74) is 1.87. The van der Waals surface area contributed by atoms with Crippen molar-refractivity contribution in [1.29, 1.82) is 0 Å². The van der Waals surface area contributed by atoms with Crippen molar-refractivity contribution < 1.29 is 0 Å². The Balaban J connectivity index is 0.000000171. The predicted molar refractivity (Wildman–Crippen MR) is 76.8 cm³/mol. The third-order valence-corrected chi connectivity index (χ3v) is 2.96. The van der Waals surface area contributed by atoms with Gasteiger partial charge >= 0.3 is 0 Å². The number of aromatic nitrogens is 3. The minimum absolute atomic E-state index is 0.773. The second-order valence-corrected chi connectivity index (χ2v) is 4.55. The predicted octanol–water partition coefficient (Wildman–Crippen LogP) is 2.34. The van der Waals surface area contributed by atoms with Gasteiger partial charge in [-0.3, -0.25) is 4.98 Å². The highest BCUT2D eigenvalue weighted by Crippen LogP contribution is 2.09. The number of rotatable bonds is 2. The Morgan fingerprint density at radius 2 is 2.12 bits per heavy atom. The summed E-state index contributed by atoms with van der Waals surface area (Å²) in [6, 6.07) is 5.90. The van der Waals surface area contributed by atoms with Crippen LogP contribution < -0.4 is 5.57 Å². The highest BCUT2D eigenvalue weighted by molar-refractivity contribution is 7.98. The topological polar surface area (TPSA) is 38.7 Å². The maximum Gasteiger partial charge on any atom is 0.144 e. The van der Waals surface area contributed by atoms with Crippen LogP contribution in [0.3, 0.4) is 0 Å². The monoisotopic (exact) mass is 265 g/mol. The van der Waals surface area contributed by atoms with Crippen molar-refractivity contribution >= 4 is 26.6 Å². The molecule has 1 atom stereocenters. The summed E-state index contributed by atoms with van der Waals surface area (Å²) in [5.74, 6) is 0. The molecule has 0 aliphatic carbocycles. The molecule has 90 valence electrons. The maximum absolute atomic E-state index is 4.14. The first-order valence-electron chi connectivity index (χ1n) is 5.27. The van der Waals surface area contributed by atoms with Crippen molar-refractivity contribution in [2.75, 3.05) is 6.26 Å². The lowest BCUT2D eigenvalue weighted by Gasteiger charge is -1.93. The molecule has 0 radical (unpaired) electrons. The molecule has 0 aliphatic heterocycles. The van der Waals surface area contributed by atoms with E-state index in [4.69, 9.17) is 0 Å². The van der Waals surface area contributed by atoms with Crippen LogP contribution in [-0.2, 0) is 6.42 Å². The van der Waals surface area contributed by atoms with E-state index in [0.29, 0.717) is 0 Å². The van der Waals surface area contributed by atoms with Crippen molar-refractivity contribution in [3.8, 4) is 0 Å². The Morgan fingerprint density at radius 1 is 1.29 bits per heavy atom. The zero-order valence-electron chi connectivity index (χ0n) is 10.00. The largest absolute Gasteiger partial charge is 0.264 e. The fourth-order valence-electron chi connectivity index (χ4n) is 1.08. The second kappa shape index (κ2) is 8.15. The normalized spacial score (nSPS) is 9.35. The summed E-state index contributed by atoms with van der Waals surface area (Å²) in [6.45, 7) is 2.08. The van der Waals surface area contributed by atoms with Gasteiger partial charge in [0.15, 0.2) is 0 Å². The Kier molecular flexibility index (Phi) is 6.75. The Bertz CT molecular complexity index is 437. The molecule has 0 aromatic carbocycles. The van der Waals surface area contributed by atoms with Gasteiger partial charge in [0, 0.05) is 29.2 Å². The summed E-state index contributed by atoms with van der Waals surface area (Å²) in [6.07, 6.45) is 8.42. The lowest BCUT2D eigenvalue weighted by Crippen LogP contribution is -2.04. The maximum atomic E-state index is 4.14. The molecule has 0 amide bonds. The molecule has 2 heterocycles. The Morgan fingerprint density at radius 3 is 2.53 bits per heavy atom. The molecule has 0 fully saturated rings. The molecule has 1 unspecified atom stereocenters. The molecule has 0 bridgehead atoms. The van der Waals surface area contributed by atoms with Crippen LogP contribution >= 0.6 is 21.0 Å². The number of hydrogen-bond acceptors (Lipinski definition) is 4. The first-order valence-corrected chi connectivity index (χ1v) is 7.08. The molecule has 0 saturated heterocycles. The van der Waals surface area contributed by atoms with Gasteiger partial charge in [-0.05, 0) is 30.9 Å². The van der Waals surface area contributed by atoms with Crippen LogP contribution in [0.15, 0.2) is 41.7 Å². The zero-order valence-corrected chi connectivity index (χ0v) is 12.0. The van der Waals surface area contributed by atoms with Gasteiger partial charge in [0.1, 0.15) is 5.57 Å². The summed E-state index contributed by atoms with van der Waals surface area (Å²) in [4.78, 5) is 13.2. The molecule has 3 nitrogen and oxygen atoms in total. The highest BCUT2D eigenvalue weighted by Gasteiger charge is 1.88. The van der Waals surface area contributed by atoms with Gasteiger partial charge in [-0.25, -0.2) is 9.97 Å². The third kappa shape index (κ3) is 5.76. The molecule has 0 N–H and O–H groups in total. The van der Waals surface area contributed by atoms with Gasteiger partial charge in [-0.2, -0.15) is 0 Å². The first-order chi connectivity index (χ1) is 8.26. The van der Waals surface area contributed by atoms with E-state index in [2.05, 4.69) is 31.1 Å². The number of aryl methyl sites for hydroxylation is 1. The number of thioether (sulfide) groups is 1. The van der Waals surface area contributed by atoms with Gasteiger partial charge in [0.25, 0.3) is 0 Å². The summed E-state index contributed by atoms with van der Waals surface area (Å²) in [5, 5.41) is 0. The van der Waals surface area contributed by atoms with E-state index >= 15 is 0 Å². The smallest absolute Gasteiger partial charge is 0.144 e. The van der Waals surface area contributed by atoms with Crippen molar-refractivity contribution in [2.24, 2.45) is 0 Å². The second-order valence-electron chi connectivity index (χ2n) is 3.15. The zero-order chi connectivity index (χ0) is 12.5. The van der Waals surface area contributed by atoms with Crippen LogP contribution in [0, 0.1) is 0 Å². The molecule has 17 heavy (non-hydrogen) atoms. The van der Waals surface area contributed by atoms with Crippen molar-refractivity contribution in [1.82, 2.24) is 15.0 Å². The quantitative estimate of drug-likeness (QED) is 0.617. The average molecular weight is 265 g/mol. The molecule has 0 saturated carbocycles. The van der Waals surface area contributed by atoms with Crippen LogP contribution in [0.2, 0.25) is 0 Å². The van der Waals surface area contributed by atoms with Gasteiger partial charge < -0.3 is 0 Å². The molecular formula is C12H16N3PS. The van der Waals surface area contributed by atoms with Gasteiger partial charge in [0.05, 0.1) is 0 Å². The molecule has 2 aromatic rings. The number of hydrogen-bond donors (Lipinski definition) is 0. The summed E-state index contributed by atoms with van der Waals surface area (Å²) >= 11 is 1.71. The summed E-state index contributed by atoms with van der Waals surface area (Å²) in [7, 11) is 2.47. The Hall–Kier alpha value is -0.990. The van der Waals surface area contributed by atoms with Crippen molar-refractivity contribution in [2.45, 2.75) is 18.2 Å². The van der Waals surface area contributed by atoms with E-state index in [0.717, 1.165) is 17.7 Å². The third-order valence-electron chi connectivity index (χ3n) is 1.96. The SMILES string of the molecule is CCc1ccnc(P)n1.CSc1cccnc1. The van der Waals surface area contributed by atoms with E-state index in [-0.39, 0.29) is 0 Å². The standard InChI is InChI=1S/C6H9N2P.C6H7NS/c1-2-5-3-4-7-6(9)8-5;1-8-6-3-2-4-7-5-6/h3-4H,2,9H2,1H3;2-5H,1H3. The van der Waals surface area contributed by atoms with Gasteiger partial charge in [0.2, 0.25) is 0 Å². The van der Waals surface area contributed by atoms with Crippen LogP contribution in [0.4, 0.5) is 0 Å². The fraction of sp³-hybridized carbons (Fsp3) is 0.250. The van der Waals surface area contributed by atoms with Crippen LogP contribution in [0.5, 0.6) is 0 Å². The van der Waals surface area contributed by atoms with Crippen molar-refractivity contribution in [3.63, 3.8) is 0 Å². The molecule has 2 rings (SSSR count). The molecule has 0 aliphatic rings. The molecule has 5 heteroatoms. The average Bonchev–Trinajstić information content (AvgIpc) is 2.40.